The highest BCUT2D eigenvalue weighted by Gasteiger charge is 2.27. The predicted molar refractivity (Wildman–Crippen MR) is 87.0 cm³/mol. The van der Waals surface area contributed by atoms with E-state index < -0.39 is 18.3 Å². The molecule has 2 aromatic rings. The SMILES string of the molecule is Cc1ccc(C=CC(F)(F)Cc2ccccc2C(=O)O)cc1C. The average Bonchev–Trinajstić information content (AvgIpc) is 2.48. The molecule has 0 amide bonds. The number of aromatic carboxylic acids is 1. The maximum atomic E-state index is 14.1. The molecule has 2 rings (SSSR count). The minimum Gasteiger partial charge on any atom is -0.478 e. The first kappa shape index (κ1) is 16.9. The molecule has 0 aliphatic rings. The maximum absolute atomic E-state index is 14.1. The van der Waals surface area contributed by atoms with E-state index in [1.165, 1.54) is 24.3 Å². The quantitative estimate of drug-likeness (QED) is 0.852. The van der Waals surface area contributed by atoms with Crippen LogP contribution in [0.5, 0.6) is 0 Å². The molecule has 0 radical (unpaired) electrons. The lowest BCUT2D eigenvalue weighted by Crippen LogP contribution is -2.18. The van der Waals surface area contributed by atoms with E-state index in [1.54, 1.807) is 12.1 Å². The van der Waals surface area contributed by atoms with Crippen molar-refractivity contribution in [3.8, 4) is 0 Å². The van der Waals surface area contributed by atoms with Crippen LogP contribution in [0, 0.1) is 13.8 Å². The van der Waals surface area contributed by atoms with Gasteiger partial charge in [0.05, 0.1) is 5.56 Å². The first-order chi connectivity index (χ1) is 10.8. The largest absolute Gasteiger partial charge is 0.478 e. The molecule has 0 saturated heterocycles. The normalized spacial score (nSPS) is 11.8. The van der Waals surface area contributed by atoms with E-state index in [-0.39, 0.29) is 11.1 Å². The Balaban J connectivity index is 2.20. The average molecular weight is 316 g/mol. The number of carboxylic acids is 1. The van der Waals surface area contributed by atoms with Crippen molar-refractivity contribution in [2.75, 3.05) is 0 Å². The van der Waals surface area contributed by atoms with Crippen LogP contribution in [0.2, 0.25) is 0 Å². The fourth-order valence-electron chi connectivity index (χ4n) is 2.28. The zero-order valence-electron chi connectivity index (χ0n) is 13.0. The summed E-state index contributed by atoms with van der Waals surface area (Å²) >= 11 is 0. The third kappa shape index (κ3) is 4.49. The van der Waals surface area contributed by atoms with Crippen molar-refractivity contribution in [2.45, 2.75) is 26.2 Å². The molecule has 0 unspecified atom stereocenters. The van der Waals surface area contributed by atoms with Crippen LogP contribution in [0.3, 0.4) is 0 Å². The van der Waals surface area contributed by atoms with Gasteiger partial charge in [-0.15, -0.1) is 0 Å². The summed E-state index contributed by atoms with van der Waals surface area (Å²) in [6.45, 7) is 3.88. The molecule has 23 heavy (non-hydrogen) atoms. The van der Waals surface area contributed by atoms with Crippen LogP contribution in [0.1, 0.15) is 32.6 Å². The minimum absolute atomic E-state index is 0.0910. The molecule has 0 atom stereocenters. The minimum atomic E-state index is -3.12. The molecular weight excluding hydrogens is 298 g/mol. The van der Waals surface area contributed by atoms with E-state index in [4.69, 9.17) is 5.11 Å². The molecule has 2 nitrogen and oxygen atoms in total. The number of rotatable bonds is 5. The number of carbonyl (C=O) groups is 1. The van der Waals surface area contributed by atoms with Crippen LogP contribution in [-0.2, 0) is 6.42 Å². The van der Waals surface area contributed by atoms with Crippen LogP contribution >= 0.6 is 0 Å². The predicted octanol–water partition coefficient (Wildman–Crippen LogP) is 4.89. The Hall–Kier alpha value is -2.49. The van der Waals surface area contributed by atoms with Crippen molar-refractivity contribution >= 4 is 12.0 Å². The Labute approximate surface area is 134 Å². The van der Waals surface area contributed by atoms with Gasteiger partial charge in [0.25, 0.3) is 5.92 Å². The zero-order valence-corrected chi connectivity index (χ0v) is 13.0. The summed E-state index contributed by atoms with van der Waals surface area (Å²) in [5.41, 5.74) is 2.86. The zero-order chi connectivity index (χ0) is 17.0. The first-order valence-corrected chi connectivity index (χ1v) is 7.24. The van der Waals surface area contributed by atoms with Crippen LogP contribution < -0.4 is 0 Å². The van der Waals surface area contributed by atoms with Crippen molar-refractivity contribution in [3.63, 3.8) is 0 Å². The molecule has 120 valence electrons. The highest BCUT2D eigenvalue weighted by molar-refractivity contribution is 5.89. The molecule has 0 aromatic heterocycles. The number of benzene rings is 2. The van der Waals surface area contributed by atoms with Gasteiger partial charge < -0.3 is 5.11 Å². The summed E-state index contributed by atoms with van der Waals surface area (Å²) in [6, 6.07) is 11.3. The van der Waals surface area contributed by atoms with Crippen molar-refractivity contribution in [3.05, 3.63) is 76.4 Å². The third-order valence-corrected chi connectivity index (χ3v) is 3.72. The molecule has 0 aliphatic carbocycles. The molecule has 0 heterocycles. The topological polar surface area (TPSA) is 37.3 Å². The molecule has 1 N–H and O–H groups in total. The van der Waals surface area contributed by atoms with Gasteiger partial charge >= 0.3 is 5.97 Å². The van der Waals surface area contributed by atoms with E-state index in [1.807, 2.05) is 26.0 Å². The van der Waals surface area contributed by atoms with Gasteiger partial charge in [-0.1, -0.05) is 42.5 Å². The van der Waals surface area contributed by atoms with Gasteiger partial charge in [0.15, 0.2) is 0 Å². The second-order valence-electron chi connectivity index (χ2n) is 5.58. The number of allylic oxidation sites excluding steroid dienone is 1. The number of alkyl halides is 2. The van der Waals surface area contributed by atoms with Gasteiger partial charge in [0.1, 0.15) is 0 Å². The van der Waals surface area contributed by atoms with E-state index >= 15 is 0 Å². The van der Waals surface area contributed by atoms with Gasteiger partial charge in [0, 0.05) is 6.42 Å². The number of hydrogen-bond donors (Lipinski definition) is 1. The summed E-state index contributed by atoms with van der Waals surface area (Å²) in [7, 11) is 0. The Kier molecular flexibility index (Phi) is 4.94. The smallest absolute Gasteiger partial charge is 0.335 e. The second kappa shape index (κ2) is 6.73. The fraction of sp³-hybridized carbons (Fsp3) is 0.211. The summed E-state index contributed by atoms with van der Waals surface area (Å²) in [6.07, 6.45) is 1.56. The van der Waals surface area contributed by atoms with E-state index in [9.17, 15) is 13.6 Å². The molecule has 0 spiro atoms. The number of halogens is 2. The summed E-state index contributed by atoms with van der Waals surface area (Å²) in [5.74, 6) is -4.32. The standard InChI is InChI=1S/C19H18F2O2/c1-13-7-8-15(11-14(13)2)9-10-19(20,21)12-16-5-3-4-6-17(16)18(22)23/h3-11H,12H2,1-2H3,(H,22,23). The lowest BCUT2D eigenvalue weighted by Gasteiger charge is -2.13. The van der Waals surface area contributed by atoms with Gasteiger partial charge in [0.2, 0.25) is 0 Å². The molecule has 0 fully saturated rings. The third-order valence-electron chi connectivity index (χ3n) is 3.72. The highest BCUT2D eigenvalue weighted by Crippen LogP contribution is 2.25. The molecule has 4 heteroatoms. The highest BCUT2D eigenvalue weighted by atomic mass is 19.3. The van der Waals surface area contributed by atoms with E-state index in [0.29, 0.717) is 5.56 Å². The van der Waals surface area contributed by atoms with Gasteiger partial charge in [-0.05, 0) is 48.2 Å². The summed E-state index contributed by atoms with van der Waals surface area (Å²) in [5, 5.41) is 9.06. The van der Waals surface area contributed by atoms with E-state index in [2.05, 4.69) is 0 Å². The molecule has 0 aliphatic heterocycles. The monoisotopic (exact) mass is 316 g/mol. The van der Waals surface area contributed by atoms with Crippen LogP contribution in [0.4, 0.5) is 8.78 Å². The van der Waals surface area contributed by atoms with Crippen molar-refractivity contribution in [1.29, 1.82) is 0 Å². The fourth-order valence-corrected chi connectivity index (χ4v) is 2.28. The molecule has 0 bridgehead atoms. The summed E-state index contributed by atoms with van der Waals surface area (Å²) < 4.78 is 28.3. The second-order valence-corrected chi connectivity index (χ2v) is 5.58. The molecule has 2 aromatic carbocycles. The van der Waals surface area contributed by atoms with Crippen molar-refractivity contribution < 1.29 is 18.7 Å². The van der Waals surface area contributed by atoms with Gasteiger partial charge in [-0.25, -0.2) is 13.6 Å². The Morgan fingerprint density at radius 1 is 1.13 bits per heavy atom. The molecular formula is C19H18F2O2. The van der Waals surface area contributed by atoms with E-state index in [0.717, 1.165) is 17.2 Å². The van der Waals surface area contributed by atoms with Crippen LogP contribution in [0.15, 0.2) is 48.5 Å². The van der Waals surface area contributed by atoms with Crippen molar-refractivity contribution in [2.24, 2.45) is 0 Å². The van der Waals surface area contributed by atoms with Crippen LogP contribution in [0.25, 0.3) is 6.08 Å². The molecule has 0 saturated carbocycles. The lowest BCUT2D eigenvalue weighted by molar-refractivity contribution is 0.0557. The first-order valence-electron chi connectivity index (χ1n) is 7.24. The summed E-state index contributed by atoms with van der Waals surface area (Å²) in [4.78, 5) is 11.1. The Bertz CT molecular complexity index is 749. The van der Waals surface area contributed by atoms with Crippen LogP contribution in [-0.4, -0.2) is 17.0 Å². The Morgan fingerprint density at radius 3 is 2.48 bits per heavy atom. The lowest BCUT2D eigenvalue weighted by atomic mass is 10.00. The van der Waals surface area contributed by atoms with Gasteiger partial charge in [-0.3, -0.25) is 0 Å². The number of carboxylic acid groups (broad SMARTS) is 1. The Morgan fingerprint density at radius 2 is 1.83 bits per heavy atom. The number of aryl methyl sites for hydroxylation is 2. The maximum Gasteiger partial charge on any atom is 0.335 e. The van der Waals surface area contributed by atoms with Crippen molar-refractivity contribution in [1.82, 2.24) is 0 Å². The number of hydrogen-bond acceptors (Lipinski definition) is 1. The van der Waals surface area contributed by atoms with Gasteiger partial charge in [-0.2, -0.15) is 0 Å².